The van der Waals surface area contributed by atoms with Gasteiger partial charge in [-0.25, -0.2) is 4.79 Å². The Morgan fingerprint density at radius 3 is 2.12 bits per heavy atom. The number of halogens is 1. The second kappa shape index (κ2) is 6.01. The van der Waals surface area contributed by atoms with Gasteiger partial charge in [-0.15, -0.1) is 0 Å². The maximum atomic E-state index is 12.6. The van der Waals surface area contributed by atoms with E-state index in [1.807, 2.05) is 0 Å². The maximum absolute atomic E-state index is 12.6. The number of hydrogen-bond acceptors (Lipinski definition) is 2. The number of alkyl halides is 1. The molecule has 5 rings (SSSR count). The van der Waals surface area contributed by atoms with Gasteiger partial charge in [0.2, 0.25) is 5.91 Å². The molecule has 1 aromatic carbocycles. The van der Waals surface area contributed by atoms with E-state index in [4.69, 9.17) is 5.73 Å². The summed E-state index contributed by atoms with van der Waals surface area (Å²) in [7, 11) is 0. The van der Waals surface area contributed by atoms with Crippen LogP contribution in [0.3, 0.4) is 0 Å². The molecule has 3 amide bonds. The predicted molar refractivity (Wildman–Crippen MR) is 102 cm³/mol. The van der Waals surface area contributed by atoms with Crippen LogP contribution in [0.2, 0.25) is 0 Å². The van der Waals surface area contributed by atoms with E-state index in [-0.39, 0.29) is 15.6 Å². The number of primary amides is 1. The molecule has 4 bridgehead atoms. The second-order valence-corrected chi connectivity index (χ2v) is 10.1. The molecule has 0 saturated heterocycles. The number of carbonyl (C=O) groups excluding carboxylic acids is 2. The average molecular weight is 406 g/mol. The van der Waals surface area contributed by atoms with Crippen LogP contribution in [0.15, 0.2) is 24.3 Å². The number of nitrogens with two attached hydrogens (primary N) is 1. The Bertz CT molecular complexity index is 689. The monoisotopic (exact) mass is 405 g/mol. The lowest BCUT2D eigenvalue weighted by Gasteiger charge is -2.60. The highest BCUT2D eigenvalue weighted by Gasteiger charge is 2.57. The molecular formula is C19H24BrN3O2. The van der Waals surface area contributed by atoms with Crippen LogP contribution in [0.1, 0.15) is 44.9 Å². The number of carbonyl (C=O) groups is 2. The molecule has 5 nitrogen and oxygen atoms in total. The van der Waals surface area contributed by atoms with Crippen LogP contribution in [-0.4, -0.2) is 16.3 Å². The van der Waals surface area contributed by atoms with Crippen LogP contribution in [0.5, 0.6) is 0 Å². The molecule has 0 radical (unpaired) electrons. The standard InChI is InChI=1S/C19H24BrN3O2/c20-19-8-12-5-13(9-19)7-18(6-12,11-19)10-16(24)22-14-1-3-15(4-2-14)23-17(21)25/h1-4,12-13H,5-11H2,(H,22,24)(H3,21,23,25). The zero-order valence-electron chi connectivity index (χ0n) is 14.2. The van der Waals surface area contributed by atoms with Gasteiger partial charge in [-0.1, -0.05) is 15.9 Å². The summed E-state index contributed by atoms with van der Waals surface area (Å²) >= 11 is 4.00. The highest BCUT2D eigenvalue weighted by molar-refractivity contribution is 9.10. The van der Waals surface area contributed by atoms with Gasteiger partial charge in [-0.2, -0.15) is 0 Å². The molecule has 0 aromatic heterocycles. The van der Waals surface area contributed by atoms with E-state index in [2.05, 4.69) is 26.6 Å². The Morgan fingerprint density at radius 1 is 1.04 bits per heavy atom. The molecule has 4 aliphatic carbocycles. The van der Waals surface area contributed by atoms with Crippen molar-refractivity contribution >= 4 is 39.2 Å². The van der Waals surface area contributed by atoms with Crippen LogP contribution in [0.25, 0.3) is 0 Å². The van der Waals surface area contributed by atoms with E-state index in [1.165, 1.54) is 32.1 Å². The molecule has 4 saturated carbocycles. The van der Waals surface area contributed by atoms with Gasteiger partial charge in [0.05, 0.1) is 0 Å². The lowest BCUT2D eigenvalue weighted by molar-refractivity contribution is -0.123. The molecule has 134 valence electrons. The minimum atomic E-state index is -0.595. The second-order valence-electron chi connectivity index (χ2n) is 8.40. The van der Waals surface area contributed by atoms with Crippen molar-refractivity contribution in [1.29, 1.82) is 0 Å². The van der Waals surface area contributed by atoms with E-state index >= 15 is 0 Å². The molecular weight excluding hydrogens is 382 g/mol. The number of hydrogen-bond donors (Lipinski definition) is 3. The van der Waals surface area contributed by atoms with Crippen LogP contribution in [0.4, 0.5) is 16.2 Å². The van der Waals surface area contributed by atoms with Gasteiger partial charge in [0.1, 0.15) is 0 Å². The summed E-state index contributed by atoms with van der Waals surface area (Å²) in [6.07, 6.45) is 8.04. The fourth-order valence-corrected chi connectivity index (χ4v) is 7.38. The zero-order valence-corrected chi connectivity index (χ0v) is 15.8. The average Bonchev–Trinajstić information content (AvgIpc) is 2.45. The van der Waals surface area contributed by atoms with Crippen LogP contribution in [0, 0.1) is 17.3 Å². The molecule has 0 heterocycles. The summed E-state index contributed by atoms with van der Waals surface area (Å²) in [5.41, 5.74) is 6.63. The number of urea groups is 1. The van der Waals surface area contributed by atoms with Gasteiger partial charge in [-0.3, -0.25) is 4.79 Å². The molecule has 25 heavy (non-hydrogen) atoms. The smallest absolute Gasteiger partial charge is 0.316 e. The van der Waals surface area contributed by atoms with E-state index in [0.717, 1.165) is 23.9 Å². The first-order valence-electron chi connectivity index (χ1n) is 8.99. The normalized spacial score (nSPS) is 35.4. The summed E-state index contributed by atoms with van der Waals surface area (Å²) in [6.45, 7) is 0. The van der Waals surface area contributed by atoms with Gasteiger partial charge in [-0.05, 0) is 80.0 Å². The molecule has 2 unspecified atom stereocenters. The quantitative estimate of drug-likeness (QED) is 0.654. The first-order chi connectivity index (χ1) is 11.8. The Labute approximate surface area is 156 Å². The first-order valence-corrected chi connectivity index (χ1v) is 9.78. The van der Waals surface area contributed by atoms with Crippen molar-refractivity contribution in [3.63, 3.8) is 0 Å². The zero-order chi connectivity index (χ0) is 17.7. The molecule has 6 heteroatoms. The van der Waals surface area contributed by atoms with Crippen LogP contribution < -0.4 is 16.4 Å². The summed E-state index contributed by atoms with van der Waals surface area (Å²) in [5.74, 6) is 1.66. The largest absolute Gasteiger partial charge is 0.351 e. The number of benzene rings is 1. The fourth-order valence-electron chi connectivity index (χ4n) is 5.87. The minimum Gasteiger partial charge on any atom is -0.351 e. The van der Waals surface area contributed by atoms with Crippen molar-refractivity contribution in [2.24, 2.45) is 23.0 Å². The highest BCUT2D eigenvalue weighted by atomic mass is 79.9. The molecule has 4 N–H and O–H groups in total. The first kappa shape index (κ1) is 16.9. The van der Waals surface area contributed by atoms with E-state index < -0.39 is 6.03 Å². The third kappa shape index (κ3) is 3.54. The van der Waals surface area contributed by atoms with Crippen molar-refractivity contribution in [2.45, 2.75) is 49.3 Å². The number of amides is 3. The van der Waals surface area contributed by atoms with Gasteiger partial charge in [0.25, 0.3) is 0 Å². The van der Waals surface area contributed by atoms with Gasteiger partial charge in [0.15, 0.2) is 0 Å². The third-order valence-corrected chi connectivity index (χ3v) is 7.01. The van der Waals surface area contributed by atoms with Gasteiger partial charge in [0, 0.05) is 22.1 Å². The summed E-state index contributed by atoms with van der Waals surface area (Å²) < 4.78 is 0.277. The van der Waals surface area contributed by atoms with Crippen molar-refractivity contribution < 1.29 is 9.59 Å². The molecule has 4 aliphatic rings. The summed E-state index contributed by atoms with van der Waals surface area (Å²) in [5, 5.41) is 5.53. The minimum absolute atomic E-state index is 0.0914. The lowest BCUT2D eigenvalue weighted by Crippen LogP contribution is -2.53. The molecule has 1 aromatic rings. The number of anilines is 2. The number of nitrogens with one attached hydrogen (secondary N) is 2. The van der Waals surface area contributed by atoms with Gasteiger partial charge < -0.3 is 16.4 Å². The van der Waals surface area contributed by atoms with E-state index in [1.54, 1.807) is 24.3 Å². The van der Waals surface area contributed by atoms with Crippen molar-refractivity contribution in [3.8, 4) is 0 Å². The molecule has 4 fully saturated rings. The van der Waals surface area contributed by atoms with Crippen LogP contribution >= 0.6 is 15.9 Å². The highest BCUT2D eigenvalue weighted by Crippen LogP contribution is 2.65. The Morgan fingerprint density at radius 2 is 1.60 bits per heavy atom. The van der Waals surface area contributed by atoms with E-state index in [0.29, 0.717) is 12.1 Å². The topological polar surface area (TPSA) is 84.2 Å². The Balaban J connectivity index is 1.40. The molecule has 0 spiro atoms. The van der Waals surface area contributed by atoms with Crippen molar-refractivity contribution in [1.82, 2.24) is 0 Å². The SMILES string of the molecule is NC(=O)Nc1ccc(NC(=O)CC23CC4CC(CC(Br)(C4)C2)C3)cc1. The predicted octanol–water partition coefficient (Wildman–Crippen LogP) is 4.24. The Hall–Kier alpha value is -1.56. The molecule has 2 atom stereocenters. The summed E-state index contributed by atoms with van der Waals surface area (Å²) in [6, 6.07) is 6.45. The van der Waals surface area contributed by atoms with E-state index in [9.17, 15) is 9.59 Å². The van der Waals surface area contributed by atoms with Crippen LogP contribution in [-0.2, 0) is 4.79 Å². The number of rotatable bonds is 4. The maximum Gasteiger partial charge on any atom is 0.316 e. The fraction of sp³-hybridized carbons (Fsp3) is 0.579. The lowest BCUT2D eigenvalue weighted by atomic mass is 9.48. The van der Waals surface area contributed by atoms with Gasteiger partial charge >= 0.3 is 6.03 Å². The Kier molecular flexibility index (Phi) is 4.06. The van der Waals surface area contributed by atoms with Crippen molar-refractivity contribution in [2.75, 3.05) is 10.6 Å². The summed E-state index contributed by atoms with van der Waals surface area (Å²) in [4.78, 5) is 23.5. The van der Waals surface area contributed by atoms with Crippen molar-refractivity contribution in [3.05, 3.63) is 24.3 Å². The molecule has 0 aliphatic heterocycles. The third-order valence-electron chi connectivity index (χ3n) is 6.08.